The lowest BCUT2D eigenvalue weighted by Gasteiger charge is -2.19. The molecule has 0 aromatic heterocycles. The fourth-order valence-electron chi connectivity index (χ4n) is 2.19. The van der Waals surface area contributed by atoms with Crippen LogP contribution in [0.15, 0.2) is 22.7 Å². The molecule has 18 heavy (non-hydrogen) atoms. The normalized spacial score (nSPS) is 21.5. The molecule has 0 spiro atoms. The molecular formula is C13H18BrF2NO. The van der Waals surface area contributed by atoms with E-state index in [0.29, 0.717) is 6.42 Å². The van der Waals surface area contributed by atoms with Crippen molar-refractivity contribution in [2.75, 3.05) is 7.05 Å². The highest BCUT2D eigenvalue weighted by Crippen LogP contribution is 2.35. The van der Waals surface area contributed by atoms with E-state index >= 15 is 0 Å². The number of nitrogens with one attached hydrogen (secondary N) is 1. The molecule has 0 bridgehead atoms. The van der Waals surface area contributed by atoms with Crippen molar-refractivity contribution in [3.8, 4) is 0 Å². The Bertz CT molecular complexity index is 387. The van der Waals surface area contributed by atoms with Crippen LogP contribution in [0.4, 0.5) is 8.78 Å². The number of halogens is 3. The minimum Gasteiger partial charge on any atom is -0.317 e. The highest BCUT2D eigenvalue weighted by atomic mass is 79.9. The van der Waals surface area contributed by atoms with E-state index in [-0.39, 0.29) is 6.04 Å². The first-order valence-electron chi connectivity index (χ1n) is 6.01. The molecule has 1 aromatic rings. The first kappa shape index (κ1) is 15.5. The number of benzene rings is 1. The molecule has 2 unspecified atom stereocenters. The monoisotopic (exact) mass is 321 g/mol. The Kier molecular flexibility index (Phi) is 6.18. The second-order valence-electron chi connectivity index (χ2n) is 3.75. The largest absolute Gasteiger partial charge is 0.345 e. The summed E-state index contributed by atoms with van der Waals surface area (Å²) in [6, 6.07) is 5.65. The number of likely N-dealkylation sites (N-methyl/N-ethyl adjacent to an activating group) is 1. The van der Waals surface area contributed by atoms with Gasteiger partial charge in [0.1, 0.15) is 0 Å². The first-order chi connectivity index (χ1) is 8.61. The summed E-state index contributed by atoms with van der Waals surface area (Å²) < 4.78 is 30.1. The van der Waals surface area contributed by atoms with Crippen LogP contribution in [-0.4, -0.2) is 19.8 Å². The fourth-order valence-corrected chi connectivity index (χ4v) is 2.60. The molecule has 0 aliphatic heterocycles. The molecule has 1 aromatic carbocycles. The Morgan fingerprint density at radius 3 is 2.61 bits per heavy atom. The summed E-state index contributed by atoms with van der Waals surface area (Å²) >= 11 is 3.37. The number of hydrogen-bond donors (Lipinski definition) is 1. The maximum atomic E-state index is 12.2. The highest BCUT2D eigenvalue weighted by Gasteiger charge is 2.33. The van der Waals surface area contributed by atoms with Gasteiger partial charge in [0.05, 0.1) is 12.1 Å². The summed E-state index contributed by atoms with van der Waals surface area (Å²) in [5.74, 6) is 0. The molecule has 0 radical (unpaired) electrons. The molecule has 1 aliphatic rings. The van der Waals surface area contributed by atoms with E-state index < -0.39 is 12.7 Å². The standard InChI is InChI=1S/C11H12BrF2NO.C2H6/c1-15-10-8-3-2-7(12)4-6(8)5-9(10)16-11(13)14;1-2/h2-4,9-11,15H,5H2,1H3;1-2H3. The second kappa shape index (κ2) is 7.16. The third-order valence-electron chi connectivity index (χ3n) is 2.82. The van der Waals surface area contributed by atoms with Gasteiger partial charge >= 0.3 is 6.61 Å². The van der Waals surface area contributed by atoms with E-state index in [0.717, 1.165) is 15.6 Å². The van der Waals surface area contributed by atoms with Crippen molar-refractivity contribution >= 4 is 15.9 Å². The van der Waals surface area contributed by atoms with Crippen molar-refractivity contribution in [2.24, 2.45) is 0 Å². The van der Waals surface area contributed by atoms with Crippen LogP contribution in [0.3, 0.4) is 0 Å². The molecule has 2 nitrogen and oxygen atoms in total. The van der Waals surface area contributed by atoms with Gasteiger partial charge in [-0.2, -0.15) is 8.78 Å². The fraction of sp³-hybridized carbons (Fsp3) is 0.538. The molecule has 102 valence electrons. The number of alkyl halides is 2. The van der Waals surface area contributed by atoms with E-state index in [1.54, 1.807) is 7.05 Å². The molecule has 2 atom stereocenters. The van der Waals surface area contributed by atoms with Crippen LogP contribution in [-0.2, 0) is 11.2 Å². The Morgan fingerprint density at radius 2 is 2.06 bits per heavy atom. The maximum absolute atomic E-state index is 12.2. The van der Waals surface area contributed by atoms with Crippen molar-refractivity contribution in [1.29, 1.82) is 0 Å². The van der Waals surface area contributed by atoms with E-state index in [4.69, 9.17) is 0 Å². The predicted molar refractivity (Wildman–Crippen MR) is 71.9 cm³/mol. The zero-order valence-corrected chi connectivity index (χ0v) is 12.3. The Balaban J connectivity index is 0.000000771. The van der Waals surface area contributed by atoms with Crippen LogP contribution in [0.2, 0.25) is 0 Å². The third kappa shape index (κ3) is 3.49. The summed E-state index contributed by atoms with van der Waals surface area (Å²) in [7, 11) is 1.75. The van der Waals surface area contributed by atoms with Crippen LogP contribution in [0.5, 0.6) is 0 Å². The Hall–Kier alpha value is -0.520. The lowest BCUT2D eigenvalue weighted by molar-refractivity contribution is -0.167. The summed E-state index contributed by atoms with van der Waals surface area (Å²) in [5, 5.41) is 3.02. The van der Waals surface area contributed by atoms with Crippen LogP contribution < -0.4 is 5.32 Å². The molecule has 1 aliphatic carbocycles. The molecule has 0 heterocycles. The topological polar surface area (TPSA) is 21.3 Å². The van der Waals surface area contributed by atoms with Crippen LogP contribution in [0.1, 0.15) is 31.0 Å². The predicted octanol–water partition coefficient (Wildman–Crippen LogP) is 3.90. The van der Waals surface area contributed by atoms with Gasteiger partial charge in [-0.05, 0) is 30.3 Å². The second-order valence-corrected chi connectivity index (χ2v) is 4.66. The zero-order valence-electron chi connectivity index (χ0n) is 10.7. The number of rotatable bonds is 3. The molecule has 0 amide bonds. The van der Waals surface area contributed by atoms with Gasteiger partial charge in [-0.15, -0.1) is 0 Å². The van der Waals surface area contributed by atoms with Gasteiger partial charge in [-0.3, -0.25) is 0 Å². The summed E-state index contributed by atoms with van der Waals surface area (Å²) in [4.78, 5) is 0. The number of fused-ring (bicyclic) bond motifs is 1. The summed E-state index contributed by atoms with van der Waals surface area (Å²) in [5.41, 5.74) is 2.09. The quantitative estimate of drug-likeness (QED) is 0.911. The molecule has 0 saturated carbocycles. The lowest BCUT2D eigenvalue weighted by atomic mass is 10.1. The van der Waals surface area contributed by atoms with E-state index in [1.165, 1.54) is 0 Å². The SMILES string of the molecule is CC.CNC1c2ccc(Br)cc2CC1OC(F)F. The van der Waals surface area contributed by atoms with Crippen LogP contribution in [0.25, 0.3) is 0 Å². The molecule has 2 rings (SSSR count). The minimum atomic E-state index is -2.72. The van der Waals surface area contributed by atoms with E-state index in [2.05, 4.69) is 26.0 Å². The van der Waals surface area contributed by atoms with Gasteiger partial charge in [0, 0.05) is 10.9 Å². The number of hydrogen-bond acceptors (Lipinski definition) is 2. The zero-order chi connectivity index (χ0) is 13.7. The van der Waals surface area contributed by atoms with Gasteiger partial charge in [0.15, 0.2) is 0 Å². The van der Waals surface area contributed by atoms with Gasteiger partial charge in [-0.1, -0.05) is 35.8 Å². The average Bonchev–Trinajstić information content (AvgIpc) is 2.66. The van der Waals surface area contributed by atoms with Crippen LogP contribution in [0, 0.1) is 0 Å². The Morgan fingerprint density at radius 1 is 1.39 bits per heavy atom. The molecule has 0 saturated heterocycles. The van der Waals surface area contributed by atoms with Crippen molar-refractivity contribution in [3.63, 3.8) is 0 Å². The van der Waals surface area contributed by atoms with Crippen LogP contribution >= 0.6 is 15.9 Å². The van der Waals surface area contributed by atoms with Gasteiger partial charge < -0.3 is 10.1 Å². The minimum absolute atomic E-state index is 0.155. The smallest absolute Gasteiger partial charge is 0.317 e. The molecular weight excluding hydrogens is 304 g/mol. The van der Waals surface area contributed by atoms with E-state index in [9.17, 15) is 8.78 Å². The van der Waals surface area contributed by atoms with E-state index in [1.807, 2.05) is 32.0 Å². The molecule has 1 N–H and O–H groups in total. The van der Waals surface area contributed by atoms with Gasteiger partial charge in [0.25, 0.3) is 0 Å². The Labute approximate surface area is 115 Å². The average molecular weight is 322 g/mol. The van der Waals surface area contributed by atoms with Crippen molar-refractivity contribution < 1.29 is 13.5 Å². The van der Waals surface area contributed by atoms with Gasteiger partial charge in [0.2, 0.25) is 0 Å². The first-order valence-corrected chi connectivity index (χ1v) is 6.80. The van der Waals surface area contributed by atoms with Crippen molar-refractivity contribution in [2.45, 2.75) is 39.0 Å². The molecule has 5 heteroatoms. The van der Waals surface area contributed by atoms with Gasteiger partial charge in [-0.25, -0.2) is 0 Å². The van der Waals surface area contributed by atoms with Crippen molar-refractivity contribution in [1.82, 2.24) is 5.32 Å². The lowest BCUT2D eigenvalue weighted by Crippen LogP contribution is -2.29. The third-order valence-corrected chi connectivity index (χ3v) is 3.31. The maximum Gasteiger partial charge on any atom is 0.345 e. The van der Waals surface area contributed by atoms with Crippen molar-refractivity contribution in [3.05, 3.63) is 33.8 Å². The molecule has 0 fully saturated rings. The summed E-state index contributed by atoms with van der Waals surface area (Å²) in [6.07, 6.45) is 0.0271. The number of ether oxygens (including phenoxy) is 1. The summed E-state index contributed by atoms with van der Waals surface area (Å²) in [6.45, 7) is 1.28. The highest BCUT2D eigenvalue weighted by molar-refractivity contribution is 9.10.